The minimum atomic E-state index is -0.642. The number of amides is 1. The van der Waals surface area contributed by atoms with Gasteiger partial charge in [-0.1, -0.05) is 36.4 Å². The summed E-state index contributed by atoms with van der Waals surface area (Å²) < 4.78 is 21.8. The zero-order valence-electron chi connectivity index (χ0n) is 19.6. The second kappa shape index (κ2) is 9.79. The fourth-order valence-electron chi connectivity index (χ4n) is 3.98. The van der Waals surface area contributed by atoms with Crippen molar-refractivity contribution in [1.29, 1.82) is 0 Å². The van der Waals surface area contributed by atoms with E-state index >= 15 is 0 Å². The third-order valence-corrected chi connectivity index (χ3v) is 5.66. The molecular formula is C28H22N2O6. The van der Waals surface area contributed by atoms with Gasteiger partial charge in [-0.15, -0.1) is 0 Å². The molecule has 36 heavy (non-hydrogen) atoms. The van der Waals surface area contributed by atoms with E-state index in [4.69, 9.17) is 18.6 Å². The van der Waals surface area contributed by atoms with Crippen LogP contribution in [0.1, 0.15) is 10.4 Å². The molecule has 0 unspecified atom stereocenters. The molecule has 0 saturated carbocycles. The highest BCUT2D eigenvalue weighted by atomic mass is 16.5. The van der Waals surface area contributed by atoms with Gasteiger partial charge in [0.1, 0.15) is 17.0 Å². The summed E-state index contributed by atoms with van der Waals surface area (Å²) in [5.74, 6) is 0.231. The molecule has 0 spiro atoms. The van der Waals surface area contributed by atoms with E-state index in [1.807, 2.05) is 48.5 Å². The maximum absolute atomic E-state index is 13.1. The lowest BCUT2D eigenvalue weighted by molar-refractivity contribution is -0.119. The molecule has 0 bridgehead atoms. The lowest BCUT2D eigenvalue weighted by Crippen LogP contribution is -2.21. The molecule has 0 aliphatic heterocycles. The van der Waals surface area contributed by atoms with Gasteiger partial charge in [0.2, 0.25) is 5.89 Å². The van der Waals surface area contributed by atoms with E-state index in [2.05, 4.69) is 10.3 Å². The van der Waals surface area contributed by atoms with Crippen LogP contribution in [0, 0.1) is 0 Å². The van der Waals surface area contributed by atoms with E-state index in [-0.39, 0.29) is 0 Å². The van der Waals surface area contributed by atoms with Gasteiger partial charge in [-0.3, -0.25) is 4.79 Å². The normalized spacial score (nSPS) is 10.8. The van der Waals surface area contributed by atoms with Crippen LogP contribution in [0.4, 0.5) is 5.69 Å². The van der Waals surface area contributed by atoms with E-state index in [9.17, 15) is 9.59 Å². The maximum atomic E-state index is 13.1. The Kier molecular flexibility index (Phi) is 6.23. The second-order valence-corrected chi connectivity index (χ2v) is 7.89. The number of hydrogen-bond donors (Lipinski definition) is 1. The Labute approximate surface area is 206 Å². The summed E-state index contributed by atoms with van der Waals surface area (Å²) in [5.41, 5.74) is 2.73. The molecule has 0 aliphatic rings. The number of para-hydroxylation sites is 2. The fraction of sp³-hybridized carbons (Fsp3) is 0.107. The Morgan fingerprint density at radius 2 is 1.72 bits per heavy atom. The first kappa shape index (κ1) is 22.9. The van der Waals surface area contributed by atoms with Crippen LogP contribution in [-0.2, 0) is 9.53 Å². The Morgan fingerprint density at radius 3 is 2.50 bits per heavy atom. The quantitative estimate of drug-likeness (QED) is 0.308. The van der Waals surface area contributed by atoms with Crippen LogP contribution in [0.2, 0.25) is 0 Å². The number of aromatic nitrogens is 1. The van der Waals surface area contributed by atoms with Gasteiger partial charge >= 0.3 is 5.97 Å². The summed E-state index contributed by atoms with van der Waals surface area (Å²) in [6.45, 7) is -0.485. The number of carbonyl (C=O) groups excluding carboxylic acids is 2. The predicted molar refractivity (Wildman–Crippen MR) is 135 cm³/mol. The van der Waals surface area contributed by atoms with Crippen LogP contribution in [0.3, 0.4) is 0 Å². The number of anilines is 1. The van der Waals surface area contributed by atoms with Crippen LogP contribution in [0.15, 0.2) is 83.3 Å². The number of nitrogens with one attached hydrogen (secondary N) is 1. The summed E-state index contributed by atoms with van der Waals surface area (Å²) in [7, 11) is 3.01. The smallest absolute Gasteiger partial charge is 0.339 e. The van der Waals surface area contributed by atoms with Crippen molar-refractivity contribution in [2.75, 3.05) is 26.1 Å². The molecule has 4 aromatic carbocycles. The largest absolute Gasteiger partial charge is 0.497 e. The van der Waals surface area contributed by atoms with E-state index in [1.165, 1.54) is 14.2 Å². The molecule has 1 aromatic heterocycles. The van der Waals surface area contributed by atoms with Crippen molar-refractivity contribution >= 4 is 39.4 Å². The average Bonchev–Trinajstić information content (AvgIpc) is 3.35. The fourth-order valence-corrected chi connectivity index (χ4v) is 3.98. The first-order valence-electron chi connectivity index (χ1n) is 11.1. The van der Waals surface area contributed by atoms with Gasteiger partial charge in [0.25, 0.3) is 5.91 Å². The van der Waals surface area contributed by atoms with Gasteiger partial charge in [0.15, 0.2) is 12.2 Å². The molecule has 0 saturated heterocycles. The SMILES string of the molecule is COc1ccc(OC)c(NC(=O)COC(=O)c2cccc3cccc(-c4nc5ccccc5o4)c23)c1. The highest BCUT2D eigenvalue weighted by molar-refractivity contribution is 6.10. The van der Waals surface area contributed by atoms with Crippen LogP contribution in [0.25, 0.3) is 33.3 Å². The highest BCUT2D eigenvalue weighted by Gasteiger charge is 2.19. The van der Waals surface area contributed by atoms with Gasteiger partial charge in [-0.05, 0) is 41.8 Å². The molecule has 0 radical (unpaired) electrons. The molecule has 0 fully saturated rings. The average molecular weight is 482 g/mol. The van der Waals surface area contributed by atoms with E-state index < -0.39 is 18.5 Å². The molecule has 0 aliphatic carbocycles. The molecule has 8 nitrogen and oxygen atoms in total. The van der Waals surface area contributed by atoms with Crippen LogP contribution < -0.4 is 14.8 Å². The molecule has 5 aromatic rings. The standard InChI is InChI=1S/C28H22N2O6/c1-33-18-13-14-23(34-2)22(15-18)29-25(31)16-35-28(32)20-10-6-8-17-7-5-9-19(26(17)20)27-30-21-11-3-4-12-24(21)36-27/h3-15H,16H2,1-2H3,(H,29,31). The van der Waals surface area contributed by atoms with Gasteiger partial charge in [0, 0.05) is 17.0 Å². The monoisotopic (exact) mass is 482 g/mol. The second-order valence-electron chi connectivity index (χ2n) is 7.89. The van der Waals surface area contributed by atoms with Gasteiger partial charge in [-0.2, -0.15) is 0 Å². The number of carbonyl (C=O) groups is 2. The summed E-state index contributed by atoms with van der Waals surface area (Å²) >= 11 is 0. The Morgan fingerprint density at radius 1 is 0.917 bits per heavy atom. The van der Waals surface area contributed by atoms with E-state index in [1.54, 1.807) is 30.3 Å². The molecule has 1 heterocycles. The van der Waals surface area contributed by atoms with Crippen molar-refractivity contribution in [3.05, 3.63) is 84.4 Å². The topological polar surface area (TPSA) is 99.9 Å². The Bertz CT molecular complexity index is 1550. The first-order valence-corrected chi connectivity index (χ1v) is 11.1. The number of benzene rings is 4. The molecular weight excluding hydrogens is 460 g/mol. The number of fused-ring (bicyclic) bond motifs is 2. The number of hydrogen-bond acceptors (Lipinski definition) is 7. The molecule has 180 valence electrons. The van der Waals surface area contributed by atoms with E-state index in [0.717, 1.165) is 5.39 Å². The molecule has 8 heteroatoms. The minimum absolute atomic E-state index is 0.303. The predicted octanol–water partition coefficient (Wildman–Crippen LogP) is 5.46. The molecule has 1 N–H and O–H groups in total. The maximum Gasteiger partial charge on any atom is 0.339 e. The van der Waals surface area contributed by atoms with Crippen molar-refractivity contribution in [2.45, 2.75) is 0 Å². The van der Waals surface area contributed by atoms with Crippen molar-refractivity contribution in [1.82, 2.24) is 4.98 Å². The zero-order chi connectivity index (χ0) is 25.1. The van der Waals surface area contributed by atoms with Crippen molar-refractivity contribution < 1.29 is 28.2 Å². The zero-order valence-corrected chi connectivity index (χ0v) is 19.6. The Balaban J connectivity index is 1.40. The number of ether oxygens (including phenoxy) is 3. The minimum Gasteiger partial charge on any atom is -0.497 e. The third-order valence-electron chi connectivity index (χ3n) is 5.66. The number of methoxy groups -OCH3 is 2. The summed E-state index contributed by atoms with van der Waals surface area (Å²) in [6, 6.07) is 23.4. The number of rotatable bonds is 7. The molecule has 0 atom stereocenters. The van der Waals surface area contributed by atoms with E-state index in [0.29, 0.717) is 50.7 Å². The molecule has 1 amide bonds. The van der Waals surface area contributed by atoms with Crippen LogP contribution in [0.5, 0.6) is 11.5 Å². The van der Waals surface area contributed by atoms with Crippen molar-refractivity contribution in [3.63, 3.8) is 0 Å². The number of esters is 1. The van der Waals surface area contributed by atoms with Crippen LogP contribution in [-0.4, -0.2) is 37.7 Å². The Hall–Kier alpha value is -4.85. The summed E-state index contributed by atoms with van der Waals surface area (Å²) in [5, 5.41) is 4.13. The van der Waals surface area contributed by atoms with Crippen molar-refractivity contribution in [2.24, 2.45) is 0 Å². The van der Waals surface area contributed by atoms with Crippen molar-refractivity contribution in [3.8, 4) is 23.0 Å². The lowest BCUT2D eigenvalue weighted by atomic mass is 9.99. The summed E-state index contributed by atoms with van der Waals surface area (Å²) in [6.07, 6.45) is 0. The van der Waals surface area contributed by atoms with Gasteiger partial charge in [0.05, 0.1) is 25.5 Å². The van der Waals surface area contributed by atoms with Crippen LogP contribution >= 0.6 is 0 Å². The number of oxazole rings is 1. The third kappa shape index (κ3) is 4.44. The lowest BCUT2D eigenvalue weighted by Gasteiger charge is -2.13. The first-order chi connectivity index (χ1) is 17.6. The number of nitrogens with zero attached hydrogens (tertiary/aromatic N) is 1. The molecule has 5 rings (SSSR count). The van der Waals surface area contributed by atoms with Gasteiger partial charge < -0.3 is 23.9 Å². The highest BCUT2D eigenvalue weighted by Crippen LogP contribution is 2.33. The van der Waals surface area contributed by atoms with Gasteiger partial charge in [-0.25, -0.2) is 9.78 Å². The summed E-state index contributed by atoms with van der Waals surface area (Å²) in [4.78, 5) is 30.2.